The highest BCUT2D eigenvalue weighted by molar-refractivity contribution is 5.47. The Balaban J connectivity index is 1.50. The van der Waals surface area contributed by atoms with Crippen molar-refractivity contribution in [3.05, 3.63) is 135 Å². The number of nitrogens with zero attached hydrogens (tertiary/aromatic N) is 2. The van der Waals surface area contributed by atoms with E-state index in [0.29, 0.717) is 30.1 Å². The molecule has 204 valence electrons. The van der Waals surface area contributed by atoms with Crippen molar-refractivity contribution in [1.29, 1.82) is 5.26 Å². The van der Waals surface area contributed by atoms with Crippen molar-refractivity contribution in [3.8, 4) is 11.8 Å². The molecule has 0 saturated heterocycles. The molecule has 2 atom stereocenters. The van der Waals surface area contributed by atoms with Gasteiger partial charge in [0.15, 0.2) is 0 Å². The van der Waals surface area contributed by atoms with Crippen molar-refractivity contribution in [1.82, 2.24) is 4.57 Å². The zero-order valence-electron chi connectivity index (χ0n) is 22.6. The predicted octanol–water partition coefficient (Wildman–Crippen LogP) is 5.27. The highest BCUT2D eigenvalue weighted by Gasteiger charge is 2.44. The van der Waals surface area contributed by atoms with E-state index in [4.69, 9.17) is 14.2 Å². The third kappa shape index (κ3) is 6.00. The largest absolute Gasteiger partial charge is 0.485 e. The Morgan fingerprint density at radius 1 is 0.875 bits per heavy atom. The summed E-state index contributed by atoms with van der Waals surface area (Å²) in [6.07, 6.45) is 0.692. The van der Waals surface area contributed by atoms with Crippen molar-refractivity contribution in [2.24, 2.45) is 0 Å². The van der Waals surface area contributed by atoms with E-state index in [2.05, 4.69) is 6.07 Å². The lowest BCUT2D eigenvalue weighted by Crippen LogP contribution is -2.52. The van der Waals surface area contributed by atoms with Gasteiger partial charge in [0.05, 0.1) is 44.1 Å². The molecule has 1 aliphatic rings. The lowest BCUT2D eigenvalue weighted by Gasteiger charge is -2.42. The number of benzene rings is 3. The molecule has 7 nitrogen and oxygen atoms in total. The topological polar surface area (TPSA) is 93.7 Å². The van der Waals surface area contributed by atoms with Gasteiger partial charge in [0.2, 0.25) is 0 Å². The number of aliphatic hydroxyl groups is 1. The number of hydrogen-bond acceptors (Lipinski definition) is 6. The van der Waals surface area contributed by atoms with Crippen LogP contribution in [0.25, 0.3) is 0 Å². The normalized spacial score (nSPS) is 17.4. The number of ether oxygens (including phenoxy) is 3. The summed E-state index contributed by atoms with van der Waals surface area (Å²) in [6.45, 7) is 4.86. The van der Waals surface area contributed by atoms with Gasteiger partial charge in [-0.2, -0.15) is 5.26 Å². The van der Waals surface area contributed by atoms with Gasteiger partial charge in [-0.3, -0.25) is 4.79 Å². The van der Waals surface area contributed by atoms with Crippen LogP contribution in [-0.2, 0) is 35.9 Å². The van der Waals surface area contributed by atoms with E-state index in [0.717, 1.165) is 22.3 Å². The molecule has 2 unspecified atom stereocenters. The van der Waals surface area contributed by atoms with Crippen molar-refractivity contribution >= 4 is 0 Å². The van der Waals surface area contributed by atoms with Gasteiger partial charge in [-0.1, -0.05) is 60.7 Å². The highest BCUT2D eigenvalue weighted by atomic mass is 16.5. The van der Waals surface area contributed by atoms with Crippen molar-refractivity contribution in [3.63, 3.8) is 0 Å². The van der Waals surface area contributed by atoms with Crippen molar-refractivity contribution in [2.75, 3.05) is 0 Å². The lowest BCUT2D eigenvalue weighted by atomic mass is 9.85. The molecule has 2 heterocycles. The molecule has 0 saturated carbocycles. The smallest absolute Gasteiger partial charge is 0.251 e. The van der Waals surface area contributed by atoms with E-state index in [-0.39, 0.29) is 18.8 Å². The van der Waals surface area contributed by atoms with Crippen molar-refractivity contribution < 1.29 is 19.3 Å². The first-order chi connectivity index (χ1) is 19.4. The molecule has 0 fully saturated rings. The van der Waals surface area contributed by atoms with Gasteiger partial charge in [0.1, 0.15) is 17.5 Å². The molecule has 0 spiro atoms. The molecule has 0 radical (unpaired) electrons. The zero-order chi connectivity index (χ0) is 28.1. The summed E-state index contributed by atoms with van der Waals surface area (Å²) in [7, 11) is 0. The average molecular weight is 537 g/mol. The minimum atomic E-state index is -1.05. The van der Waals surface area contributed by atoms with Gasteiger partial charge in [-0.15, -0.1) is 0 Å². The standard InChI is InChI=1S/C33H32N2O5/c1-33(2)32(37)31(28-15-25(17-34)13-14-29(28)40-33)35-18-27(22-39-20-24-11-7-4-8-12-24)26(16-30(35)36)21-38-19-23-9-5-3-6-10-23/h3-16,18,31-32,37H,19-22H2,1-2H3. The fourth-order valence-corrected chi connectivity index (χ4v) is 4.96. The molecule has 0 bridgehead atoms. The Morgan fingerprint density at radius 3 is 2.08 bits per heavy atom. The molecule has 0 amide bonds. The van der Waals surface area contributed by atoms with Gasteiger partial charge in [-0.25, -0.2) is 0 Å². The van der Waals surface area contributed by atoms with Gasteiger partial charge in [0, 0.05) is 17.8 Å². The van der Waals surface area contributed by atoms with Crippen LogP contribution in [0.5, 0.6) is 5.75 Å². The summed E-state index contributed by atoms with van der Waals surface area (Å²) in [5.41, 5.74) is 3.32. The molecule has 5 rings (SSSR count). The first kappa shape index (κ1) is 27.4. The summed E-state index contributed by atoms with van der Waals surface area (Å²) in [5, 5.41) is 20.9. The molecule has 1 aliphatic heterocycles. The molecule has 4 aromatic rings. The van der Waals surface area contributed by atoms with Crippen LogP contribution in [0.1, 0.15) is 53.3 Å². The van der Waals surface area contributed by atoms with E-state index < -0.39 is 17.7 Å². The van der Waals surface area contributed by atoms with Crippen LogP contribution in [-0.4, -0.2) is 21.4 Å². The maximum Gasteiger partial charge on any atom is 0.251 e. The predicted molar refractivity (Wildman–Crippen MR) is 151 cm³/mol. The quantitative estimate of drug-likeness (QED) is 0.313. The second-order valence-electron chi connectivity index (χ2n) is 10.5. The maximum atomic E-state index is 13.6. The maximum absolute atomic E-state index is 13.6. The molecular formula is C33H32N2O5. The number of pyridine rings is 1. The fraction of sp³-hybridized carbons (Fsp3) is 0.273. The Labute approximate surface area is 233 Å². The van der Waals surface area contributed by atoms with Crippen molar-refractivity contribution in [2.45, 2.75) is 58.0 Å². The Morgan fingerprint density at radius 2 is 1.48 bits per heavy atom. The van der Waals surface area contributed by atoms with Crippen LogP contribution >= 0.6 is 0 Å². The second kappa shape index (κ2) is 11.9. The van der Waals surface area contributed by atoms with Gasteiger partial charge >= 0.3 is 0 Å². The summed E-state index contributed by atoms with van der Waals surface area (Å²) in [6, 6.07) is 27.7. The first-order valence-corrected chi connectivity index (χ1v) is 13.2. The third-order valence-electron chi connectivity index (χ3n) is 7.14. The van der Waals surface area contributed by atoms with Crippen LogP contribution < -0.4 is 10.3 Å². The summed E-state index contributed by atoms with van der Waals surface area (Å²) in [4.78, 5) is 13.6. The molecule has 3 aromatic carbocycles. The molecule has 7 heteroatoms. The highest BCUT2D eigenvalue weighted by Crippen LogP contribution is 2.42. The number of aliphatic hydroxyl groups excluding tert-OH is 1. The molecule has 0 aliphatic carbocycles. The van der Waals surface area contributed by atoms with Gasteiger partial charge < -0.3 is 23.9 Å². The molecule has 40 heavy (non-hydrogen) atoms. The number of nitriles is 1. The Hall–Kier alpha value is -4.22. The minimum absolute atomic E-state index is 0.228. The average Bonchev–Trinajstić information content (AvgIpc) is 2.96. The van der Waals surface area contributed by atoms with Crippen LogP contribution in [0.2, 0.25) is 0 Å². The van der Waals surface area contributed by atoms with Crippen LogP contribution in [0.15, 0.2) is 95.9 Å². The van der Waals surface area contributed by atoms with E-state index in [1.165, 1.54) is 4.57 Å². The number of rotatable bonds is 9. The van der Waals surface area contributed by atoms with E-state index in [1.807, 2.05) is 60.7 Å². The number of hydrogen-bond donors (Lipinski definition) is 1. The number of fused-ring (bicyclic) bond motifs is 1. The van der Waals surface area contributed by atoms with Gasteiger partial charge in [-0.05, 0) is 54.3 Å². The monoisotopic (exact) mass is 536 g/mol. The second-order valence-corrected chi connectivity index (χ2v) is 10.5. The molecule has 1 N–H and O–H groups in total. The number of aromatic nitrogens is 1. The molecule has 1 aromatic heterocycles. The van der Waals surface area contributed by atoms with Gasteiger partial charge in [0.25, 0.3) is 5.56 Å². The van der Waals surface area contributed by atoms with E-state index >= 15 is 0 Å². The Kier molecular flexibility index (Phi) is 8.13. The zero-order valence-corrected chi connectivity index (χ0v) is 22.6. The first-order valence-electron chi connectivity index (χ1n) is 13.2. The van der Waals surface area contributed by atoms with Crippen LogP contribution in [0, 0.1) is 11.3 Å². The Bertz CT molecular complexity index is 1560. The summed E-state index contributed by atoms with van der Waals surface area (Å²) < 4.78 is 19.6. The minimum Gasteiger partial charge on any atom is -0.485 e. The lowest BCUT2D eigenvalue weighted by molar-refractivity contribution is -0.0644. The van der Waals surface area contributed by atoms with E-state index in [1.54, 1.807) is 44.3 Å². The summed E-state index contributed by atoms with van der Waals surface area (Å²) >= 11 is 0. The third-order valence-corrected chi connectivity index (χ3v) is 7.14. The summed E-state index contributed by atoms with van der Waals surface area (Å²) in [5.74, 6) is 0.531. The van der Waals surface area contributed by atoms with Crippen LogP contribution in [0.4, 0.5) is 0 Å². The fourth-order valence-electron chi connectivity index (χ4n) is 4.96. The SMILES string of the molecule is CC1(C)Oc2ccc(C#N)cc2C(n2cc(COCc3ccccc3)c(COCc3ccccc3)cc2=O)C1O. The van der Waals surface area contributed by atoms with E-state index in [9.17, 15) is 15.2 Å². The molecular weight excluding hydrogens is 504 g/mol. The van der Waals surface area contributed by atoms with Crippen LogP contribution in [0.3, 0.4) is 0 Å².